The maximum absolute atomic E-state index is 11.6. The topological polar surface area (TPSA) is 49.3 Å². The van der Waals surface area contributed by atoms with E-state index in [1.807, 2.05) is 47.2 Å². The monoisotopic (exact) mass is 287 g/mol. The predicted molar refractivity (Wildman–Crippen MR) is 82.4 cm³/mol. The van der Waals surface area contributed by atoms with Crippen molar-refractivity contribution < 1.29 is 9.90 Å². The Bertz CT molecular complexity index is 549. The highest BCUT2D eigenvalue weighted by atomic mass is 32.1. The summed E-state index contributed by atoms with van der Waals surface area (Å²) < 4.78 is 0. The number of benzene rings is 1. The zero-order valence-corrected chi connectivity index (χ0v) is 11.8. The molecule has 1 amide bonds. The van der Waals surface area contributed by atoms with Crippen molar-refractivity contribution in [2.45, 2.75) is 12.5 Å². The normalized spacial score (nSPS) is 12.4. The van der Waals surface area contributed by atoms with Gasteiger partial charge in [0, 0.05) is 12.6 Å². The van der Waals surface area contributed by atoms with Crippen LogP contribution in [0.1, 0.15) is 23.7 Å². The summed E-state index contributed by atoms with van der Waals surface area (Å²) in [6, 6.07) is 11.5. The summed E-state index contributed by atoms with van der Waals surface area (Å²) in [4.78, 5) is 11.6. The molecule has 1 aromatic heterocycles. The van der Waals surface area contributed by atoms with E-state index in [4.69, 9.17) is 0 Å². The zero-order chi connectivity index (χ0) is 14.2. The van der Waals surface area contributed by atoms with E-state index in [1.54, 1.807) is 17.4 Å². The first-order valence-electron chi connectivity index (χ1n) is 6.47. The highest BCUT2D eigenvalue weighted by Gasteiger charge is 2.07. The molecular formula is C16H17NO2S. The summed E-state index contributed by atoms with van der Waals surface area (Å²) in [6.45, 7) is 0.453. The second kappa shape index (κ2) is 7.62. The number of aliphatic hydroxyl groups excluding tert-OH is 1. The van der Waals surface area contributed by atoms with Crippen molar-refractivity contribution in [1.29, 1.82) is 0 Å². The maximum atomic E-state index is 11.6. The third-order valence-electron chi connectivity index (χ3n) is 2.87. The second-order valence-corrected chi connectivity index (χ2v) is 5.18. The van der Waals surface area contributed by atoms with Crippen molar-refractivity contribution in [3.63, 3.8) is 0 Å². The molecule has 0 radical (unpaired) electrons. The summed E-state index contributed by atoms with van der Waals surface area (Å²) >= 11 is 1.55. The lowest BCUT2D eigenvalue weighted by Crippen LogP contribution is -2.23. The van der Waals surface area contributed by atoms with Crippen LogP contribution in [0.15, 0.2) is 53.2 Å². The zero-order valence-electron chi connectivity index (χ0n) is 11.0. The van der Waals surface area contributed by atoms with Crippen LogP contribution in [-0.4, -0.2) is 17.6 Å². The van der Waals surface area contributed by atoms with Gasteiger partial charge in [0.25, 0.3) is 0 Å². The molecule has 4 heteroatoms. The summed E-state index contributed by atoms with van der Waals surface area (Å²) in [7, 11) is 0. The largest absolute Gasteiger partial charge is 0.388 e. The molecule has 20 heavy (non-hydrogen) atoms. The van der Waals surface area contributed by atoms with Crippen LogP contribution in [0.2, 0.25) is 0 Å². The van der Waals surface area contributed by atoms with Crippen LogP contribution in [0.25, 0.3) is 6.08 Å². The number of rotatable bonds is 6. The molecule has 0 spiro atoms. The molecule has 0 fully saturated rings. The first kappa shape index (κ1) is 14.5. The average molecular weight is 287 g/mol. The van der Waals surface area contributed by atoms with Crippen molar-refractivity contribution in [3.8, 4) is 0 Å². The van der Waals surface area contributed by atoms with Gasteiger partial charge in [0.1, 0.15) is 0 Å². The van der Waals surface area contributed by atoms with Gasteiger partial charge < -0.3 is 10.4 Å². The van der Waals surface area contributed by atoms with Crippen molar-refractivity contribution in [2.24, 2.45) is 0 Å². The van der Waals surface area contributed by atoms with Crippen molar-refractivity contribution in [3.05, 3.63) is 64.4 Å². The lowest BCUT2D eigenvalue weighted by atomic mass is 10.1. The fourth-order valence-corrected chi connectivity index (χ4v) is 2.47. The molecule has 2 rings (SSSR count). The van der Waals surface area contributed by atoms with E-state index in [0.717, 1.165) is 11.1 Å². The minimum absolute atomic E-state index is 0.147. The molecule has 0 aliphatic carbocycles. The standard InChI is InChI=1S/C16H17NO2S/c18-15(14-9-11-20-12-14)8-10-17-16(19)7-6-13-4-2-1-3-5-13/h1-7,9,11-12,15,18H,8,10H2,(H,17,19)/b7-6+/t15-/m1/s1. The molecule has 3 nitrogen and oxygen atoms in total. The molecule has 0 saturated heterocycles. The van der Waals surface area contributed by atoms with Gasteiger partial charge in [-0.1, -0.05) is 30.3 Å². The number of hydrogen-bond acceptors (Lipinski definition) is 3. The van der Waals surface area contributed by atoms with Crippen LogP contribution in [0.4, 0.5) is 0 Å². The highest BCUT2D eigenvalue weighted by molar-refractivity contribution is 7.07. The Kier molecular flexibility index (Phi) is 5.53. The quantitative estimate of drug-likeness (QED) is 0.802. The lowest BCUT2D eigenvalue weighted by molar-refractivity contribution is -0.116. The Labute approximate surface area is 122 Å². The molecule has 0 unspecified atom stereocenters. The fourth-order valence-electron chi connectivity index (χ4n) is 1.76. The minimum Gasteiger partial charge on any atom is -0.388 e. The van der Waals surface area contributed by atoms with Gasteiger partial charge in [-0.3, -0.25) is 4.79 Å². The summed E-state index contributed by atoms with van der Waals surface area (Å²) in [5, 5.41) is 16.5. The molecular weight excluding hydrogens is 270 g/mol. The molecule has 104 valence electrons. The van der Waals surface area contributed by atoms with E-state index >= 15 is 0 Å². The molecule has 0 bridgehead atoms. The summed E-state index contributed by atoms with van der Waals surface area (Å²) in [5.41, 5.74) is 1.89. The highest BCUT2D eigenvalue weighted by Crippen LogP contribution is 2.18. The van der Waals surface area contributed by atoms with Gasteiger partial charge in [-0.05, 0) is 40.5 Å². The number of carbonyl (C=O) groups excluding carboxylic acids is 1. The van der Waals surface area contributed by atoms with Gasteiger partial charge in [-0.15, -0.1) is 0 Å². The van der Waals surface area contributed by atoms with Gasteiger partial charge in [-0.2, -0.15) is 11.3 Å². The molecule has 1 aromatic carbocycles. The van der Waals surface area contributed by atoms with Crippen LogP contribution in [0, 0.1) is 0 Å². The van der Waals surface area contributed by atoms with Crippen LogP contribution < -0.4 is 5.32 Å². The fraction of sp³-hybridized carbons (Fsp3) is 0.188. The van der Waals surface area contributed by atoms with Crippen LogP contribution in [0.3, 0.4) is 0 Å². The average Bonchev–Trinajstić information content (AvgIpc) is 3.00. The van der Waals surface area contributed by atoms with Crippen molar-refractivity contribution in [2.75, 3.05) is 6.54 Å². The molecule has 2 aromatic rings. The Morgan fingerprint density at radius 2 is 2.10 bits per heavy atom. The van der Waals surface area contributed by atoms with E-state index in [9.17, 15) is 9.90 Å². The Hall–Kier alpha value is -1.91. The Morgan fingerprint density at radius 1 is 1.30 bits per heavy atom. The first-order valence-corrected chi connectivity index (χ1v) is 7.41. The molecule has 0 aliphatic rings. The SMILES string of the molecule is O=C(/C=C/c1ccccc1)NCC[C@@H](O)c1ccsc1. The van der Waals surface area contributed by atoms with Gasteiger partial charge >= 0.3 is 0 Å². The van der Waals surface area contributed by atoms with E-state index in [-0.39, 0.29) is 5.91 Å². The number of nitrogens with one attached hydrogen (secondary N) is 1. The smallest absolute Gasteiger partial charge is 0.244 e. The van der Waals surface area contributed by atoms with E-state index in [1.165, 1.54) is 6.08 Å². The van der Waals surface area contributed by atoms with Crippen LogP contribution in [0.5, 0.6) is 0 Å². The number of aliphatic hydroxyl groups is 1. The number of carbonyl (C=O) groups is 1. The summed E-state index contributed by atoms with van der Waals surface area (Å²) in [5.74, 6) is -0.147. The molecule has 0 aliphatic heterocycles. The van der Waals surface area contributed by atoms with Crippen LogP contribution in [-0.2, 0) is 4.79 Å². The summed E-state index contributed by atoms with van der Waals surface area (Å²) in [6.07, 6.45) is 3.28. The van der Waals surface area contributed by atoms with Gasteiger partial charge in [0.05, 0.1) is 6.10 Å². The Balaban J connectivity index is 1.72. The van der Waals surface area contributed by atoms with Crippen LogP contribution >= 0.6 is 11.3 Å². The second-order valence-electron chi connectivity index (χ2n) is 4.40. The predicted octanol–water partition coefficient (Wildman–Crippen LogP) is 3.00. The van der Waals surface area contributed by atoms with Gasteiger partial charge in [0.2, 0.25) is 5.91 Å². The molecule has 0 saturated carbocycles. The van der Waals surface area contributed by atoms with E-state index in [2.05, 4.69) is 5.32 Å². The lowest BCUT2D eigenvalue weighted by Gasteiger charge is -2.08. The number of amides is 1. The minimum atomic E-state index is -0.514. The third-order valence-corrected chi connectivity index (χ3v) is 3.57. The molecule has 2 N–H and O–H groups in total. The Morgan fingerprint density at radius 3 is 2.80 bits per heavy atom. The first-order chi connectivity index (χ1) is 9.75. The van der Waals surface area contributed by atoms with Crippen molar-refractivity contribution in [1.82, 2.24) is 5.32 Å². The third kappa shape index (κ3) is 4.64. The van der Waals surface area contributed by atoms with Gasteiger partial charge in [0.15, 0.2) is 0 Å². The molecule has 1 heterocycles. The van der Waals surface area contributed by atoms with E-state index in [0.29, 0.717) is 13.0 Å². The van der Waals surface area contributed by atoms with E-state index < -0.39 is 6.10 Å². The van der Waals surface area contributed by atoms with Crippen molar-refractivity contribution >= 4 is 23.3 Å². The molecule has 1 atom stereocenters. The van der Waals surface area contributed by atoms with Gasteiger partial charge in [-0.25, -0.2) is 0 Å². The maximum Gasteiger partial charge on any atom is 0.244 e. The number of hydrogen-bond donors (Lipinski definition) is 2. The number of thiophene rings is 1.